The van der Waals surface area contributed by atoms with Gasteiger partial charge in [0, 0.05) is 38.0 Å². The normalized spacial score (nSPS) is 33.3. The molecule has 2 heterocycles. The third kappa shape index (κ3) is 3.22. The van der Waals surface area contributed by atoms with Gasteiger partial charge in [-0.25, -0.2) is 0 Å². The zero-order valence-electron chi connectivity index (χ0n) is 11.2. The predicted molar refractivity (Wildman–Crippen MR) is 69.0 cm³/mol. The molecular weight excluding hydrogens is 230 g/mol. The van der Waals surface area contributed by atoms with Crippen LogP contribution in [0.4, 0.5) is 0 Å². The van der Waals surface area contributed by atoms with Crippen molar-refractivity contribution >= 4 is 11.8 Å². The first-order valence-corrected chi connectivity index (χ1v) is 6.84. The second-order valence-corrected chi connectivity index (χ2v) is 5.59. The zero-order valence-corrected chi connectivity index (χ0v) is 11.2. The molecule has 0 aliphatic carbocycles. The fourth-order valence-corrected chi connectivity index (χ4v) is 2.82. The van der Waals surface area contributed by atoms with Gasteiger partial charge in [0.25, 0.3) is 0 Å². The maximum atomic E-state index is 12.2. The molecule has 2 rings (SSSR count). The molecule has 3 atom stereocenters. The number of carbonyl (C=O) groups is 2. The molecule has 0 saturated carbocycles. The summed E-state index contributed by atoms with van der Waals surface area (Å²) in [6.07, 6.45) is 3.14. The van der Waals surface area contributed by atoms with Gasteiger partial charge in [-0.2, -0.15) is 0 Å². The number of likely N-dealkylation sites (tertiary alicyclic amines) is 1. The van der Waals surface area contributed by atoms with Gasteiger partial charge in [0.05, 0.1) is 0 Å². The number of hydrogen-bond donors (Lipinski definition) is 2. The molecule has 18 heavy (non-hydrogen) atoms. The quantitative estimate of drug-likeness (QED) is 0.734. The molecule has 0 radical (unpaired) electrons. The first kappa shape index (κ1) is 13.3. The lowest BCUT2D eigenvalue weighted by Crippen LogP contribution is -2.51. The van der Waals surface area contributed by atoms with Crippen molar-refractivity contribution in [3.63, 3.8) is 0 Å². The van der Waals surface area contributed by atoms with Crippen LogP contribution in [-0.4, -0.2) is 48.9 Å². The number of likely N-dealkylation sites (N-methyl/N-ethyl adjacent to an activating group) is 1. The Balaban J connectivity index is 1.82. The lowest BCUT2D eigenvalue weighted by molar-refractivity contribution is -0.134. The van der Waals surface area contributed by atoms with E-state index >= 15 is 0 Å². The Hall–Kier alpha value is -1.10. The van der Waals surface area contributed by atoms with Crippen LogP contribution in [-0.2, 0) is 9.59 Å². The smallest absolute Gasteiger partial charge is 0.223 e. The summed E-state index contributed by atoms with van der Waals surface area (Å²) >= 11 is 0. The largest absolute Gasteiger partial charge is 0.351 e. The van der Waals surface area contributed by atoms with E-state index in [4.69, 9.17) is 0 Å². The highest BCUT2D eigenvalue weighted by atomic mass is 16.2. The van der Waals surface area contributed by atoms with Gasteiger partial charge in [0.2, 0.25) is 11.8 Å². The molecule has 2 aliphatic rings. The maximum Gasteiger partial charge on any atom is 0.223 e. The van der Waals surface area contributed by atoms with Crippen LogP contribution < -0.4 is 10.6 Å². The summed E-state index contributed by atoms with van der Waals surface area (Å²) in [4.78, 5) is 25.2. The van der Waals surface area contributed by atoms with E-state index in [-0.39, 0.29) is 23.8 Å². The van der Waals surface area contributed by atoms with Crippen LogP contribution in [0.25, 0.3) is 0 Å². The predicted octanol–water partition coefficient (Wildman–Crippen LogP) is 0.112. The van der Waals surface area contributed by atoms with Crippen molar-refractivity contribution in [1.82, 2.24) is 15.5 Å². The zero-order chi connectivity index (χ0) is 13.1. The Kier molecular flexibility index (Phi) is 4.22. The Morgan fingerprint density at radius 2 is 2.22 bits per heavy atom. The molecule has 0 aromatic carbocycles. The number of piperidine rings is 2. The Labute approximate surface area is 108 Å². The minimum absolute atomic E-state index is 0.129. The van der Waals surface area contributed by atoms with E-state index in [9.17, 15) is 9.59 Å². The van der Waals surface area contributed by atoms with E-state index < -0.39 is 0 Å². The lowest BCUT2D eigenvalue weighted by atomic mass is 9.92. The van der Waals surface area contributed by atoms with Crippen molar-refractivity contribution in [2.45, 2.75) is 44.7 Å². The molecular formula is C13H23N3O2. The molecule has 2 N–H and O–H groups in total. The number of nitrogens with one attached hydrogen (secondary N) is 2. The first-order chi connectivity index (χ1) is 8.56. The standard InChI is InChI=1S/C13H23N3O2/c1-9-7-10(5-6-14-9)13(18)15-11-3-4-12(17)16(2)8-11/h9-11,14H,3-8H2,1-2H3,(H,15,18). The number of rotatable bonds is 2. The Morgan fingerprint density at radius 1 is 1.44 bits per heavy atom. The molecule has 5 heteroatoms. The van der Waals surface area contributed by atoms with Gasteiger partial charge < -0.3 is 15.5 Å². The average molecular weight is 253 g/mol. The second-order valence-electron chi connectivity index (χ2n) is 5.59. The van der Waals surface area contributed by atoms with Crippen molar-refractivity contribution in [2.75, 3.05) is 20.1 Å². The number of hydrogen-bond acceptors (Lipinski definition) is 3. The number of amides is 2. The molecule has 0 bridgehead atoms. The Morgan fingerprint density at radius 3 is 2.89 bits per heavy atom. The molecule has 2 saturated heterocycles. The summed E-state index contributed by atoms with van der Waals surface area (Å²) in [5.41, 5.74) is 0. The van der Waals surface area contributed by atoms with E-state index in [0.717, 1.165) is 25.8 Å². The second kappa shape index (κ2) is 5.69. The van der Waals surface area contributed by atoms with Crippen LogP contribution in [0.15, 0.2) is 0 Å². The number of nitrogens with zero attached hydrogens (tertiary/aromatic N) is 1. The van der Waals surface area contributed by atoms with E-state index in [1.165, 1.54) is 0 Å². The fraction of sp³-hybridized carbons (Fsp3) is 0.846. The van der Waals surface area contributed by atoms with Crippen LogP contribution in [0.1, 0.15) is 32.6 Å². The Bertz CT molecular complexity index is 332. The van der Waals surface area contributed by atoms with Gasteiger partial charge in [-0.15, -0.1) is 0 Å². The molecule has 0 aromatic rings. The van der Waals surface area contributed by atoms with E-state index in [1.807, 2.05) is 0 Å². The topological polar surface area (TPSA) is 61.4 Å². The van der Waals surface area contributed by atoms with Gasteiger partial charge in [-0.1, -0.05) is 0 Å². The van der Waals surface area contributed by atoms with Crippen molar-refractivity contribution in [2.24, 2.45) is 5.92 Å². The highest BCUT2D eigenvalue weighted by Crippen LogP contribution is 2.17. The van der Waals surface area contributed by atoms with Gasteiger partial charge >= 0.3 is 0 Å². The summed E-state index contributed by atoms with van der Waals surface area (Å²) in [7, 11) is 1.80. The highest BCUT2D eigenvalue weighted by molar-refractivity contribution is 5.80. The van der Waals surface area contributed by atoms with Crippen molar-refractivity contribution in [1.29, 1.82) is 0 Å². The highest BCUT2D eigenvalue weighted by Gasteiger charge is 2.29. The summed E-state index contributed by atoms with van der Waals surface area (Å²) in [6, 6.07) is 0.551. The van der Waals surface area contributed by atoms with Gasteiger partial charge in [-0.3, -0.25) is 9.59 Å². The molecule has 102 valence electrons. The minimum atomic E-state index is 0.129. The molecule has 5 nitrogen and oxygen atoms in total. The third-order valence-electron chi connectivity index (χ3n) is 3.97. The van der Waals surface area contributed by atoms with Crippen LogP contribution >= 0.6 is 0 Å². The SMILES string of the molecule is CC1CC(C(=O)NC2CCC(=O)N(C)C2)CCN1. The number of carbonyl (C=O) groups excluding carboxylic acids is 2. The fourth-order valence-electron chi connectivity index (χ4n) is 2.82. The van der Waals surface area contributed by atoms with Gasteiger partial charge in [-0.05, 0) is 32.7 Å². The molecule has 2 aliphatic heterocycles. The van der Waals surface area contributed by atoms with Crippen molar-refractivity contribution < 1.29 is 9.59 Å². The van der Waals surface area contributed by atoms with E-state index in [0.29, 0.717) is 19.0 Å². The van der Waals surface area contributed by atoms with E-state index in [1.54, 1.807) is 11.9 Å². The summed E-state index contributed by atoms with van der Waals surface area (Å²) < 4.78 is 0. The van der Waals surface area contributed by atoms with Crippen LogP contribution in [0.2, 0.25) is 0 Å². The molecule has 3 unspecified atom stereocenters. The average Bonchev–Trinajstić information content (AvgIpc) is 2.34. The van der Waals surface area contributed by atoms with Crippen LogP contribution in [0.5, 0.6) is 0 Å². The molecule has 2 amide bonds. The summed E-state index contributed by atoms with van der Waals surface area (Å²) in [6.45, 7) is 3.68. The van der Waals surface area contributed by atoms with E-state index in [2.05, 4.69) is 17.6 Å². The van der Waals surface area contributed by atoms with Crippen molar-refractivity contribution in [3.8, 4) is 0 Å². The van der Waals surface area contributed by atoms with Crippen molar-refractivity contribution in [3.05, 3.63) is 0 Å². The molecule has 0 spiro atoms. The maximum absolute atomic E-state index is 12.2. The van der Waals surface area contributed by atoms with Gasteiger partial charge in [0.1, 0.15) is 0 Å². The lowest BCUT2D eigenvalue weighted by Gasteiger charge is -2.33. The van der Waals surface area contributed by atoms with Crippen LogP contribution in [0.3, 0.4) is 0 Å². The monoisotopic (exact) mass is 253 g/mol. The summed E-state index contributed by atoms with van der Waals surface area (Å²) in [5, 5.41) is 6.45. The molecule has 2 fully saturated rings. The van der Waals surface area contributed by atoms with Crippen LogP contribution in [0, 0.1) is 5.92 Å². The third-order valence-corrected chi connectivity index (χ3v) is 3.97. The molecule has 0 aromatic heterocycles. The summed E-state index contributed by atoms with van der Waals surface area (Å²) in [5.74, 6) is 0.469. The van der Waals surface area contributed by atoms with Gasteiger partial charge in [0.15, 0.2) is 0 Å². The minimum Gasteiger partial charge on any atom is -0.351 e. The first-order valence-electron chi connectivity index (χ1n) is 6.84.